The van der Waals surface area contributed by atoms with Gasteiger partial charge in [0.05, 0.1) is 22.9 Å². The van der Waals surface area contributed by atoms with Crippen LogP contribution < -0.4 is 0 Å². The molecule has 23 heavy (non-hydrogen) atoms. The molecule has 6 heteroatoms. The molecule has 1 saturated carbocycles. The molecule has 1 amide bonds. The van der Waals surface area contributed by atoms with Crippen LogP contribution in [0.4, 0.5) is 0 Å². The lowest BCUT2D eigenvalue weighted by Crippen LogP contribution is -2.29. The molecule has 0 radical (unpaired) electrons. The zero-order valence-electron chi connectivity index (χ0n) is 13.2. The van der Waals surface area contributed by atoms with Gasteiger partial charge in [-0.3, -0.25) is 9.48 Å². The maximum atomic E-state index is 12.6. The second-order valence-electron chi connectivity index (χ2n) is 5.95. The van der Waals surface area contributed by atoms with Gasteiger partial charge in [0.2, 0.25) is 5.91 Å². The van der Waals surface area contributed by atoms with Crippen molar-refractivity contribution in [3.63, 3.8) is 0 Å². The molecule has 0 saturated heterocycles. The van der Waals surface area contributed by atoms with Crippen LogP contribution in [0, 0.1) is 5.92 Å². The van der Waals surface area contributed by atoms with E-state index in [4.69, 9.17) is 11.6 Å². The number of hydrogen-bond acceptors (Lipinski definition) is 2. The van der Waals surface area contributed by atoms with Crippen molar-refractivity contribution < 1.29 is 4.79 Å². The van der Waals surface area contributed by atoms with E-state index in [2.05, 4.69) is 21.0 Å². The molecule has 4 nitrogen and oxygen atoms in total. The highest BCUT2D eigenvalue weighted by atomic mass is 79.9. The van der Waals surface area contributed by atoms with Crippen LogP contribution in [0.3, 0.4) is 0 Å². The fourth-order valence-electron chi connectivity index (χ4n) is 2.95. The average molecular weight is 397 g/mol. The van der Waals surface area contributed by atoms with Gasteiger partial charge in [-0.05, 0) is 52.9 Å². The van der Waals surface area contributed by atoms with Crippen LogP contribution in [0.15, 0.2) is 34.9 Å². The summed E-state index contributed by atoms with van der Waals surface area (Å²) in [5.74, 6) is 0.598. The van der Waals surface area contributed by atoms with Crippen LogP contribution in [0.25, 0.3) is 0 Å². The predicted molar refractivity (Wildman–Crippen MR) is 94.4 cm³/mol. The van der Waals surface area contributed by atoms with E-state index in [0.717, 1.165) is 28.2 Å². The highest BCUT2D eigenvalue weighted by molar-refractivity contribution is 9.10. The molecule has 2 aromatic rings. The van der Waals surface area contributed by atoms with Crippen LogP contribution in [-0.2, 0) is 17.9 Å². The standard InChI is InChI=1S/C17H19BrClN3O/c1-3-22-16(15(18)9-20-22)10-21(2)17(23)14-8-13(14)11-4-6-12(19)7-5-11/h4-7,9,13-14H,3,8,10H2,1-2H3. The maximum Gasteiger partial charge on any atom is 0.226 e. The molecule has 1 aromatic carbocycles. The number of amides is 1. The lowest BCUT2D eigenvalue weighted by molar-refractivity contribution is -0.132. The number of hydrogen-bond donors (Lipinski definition) is 0. The third kappa shape index (κ3) is 3.45. The van der Waals surface area contributed by atoms with Crippen molar-refractivity contribution in [2.45, 2.75) is 32.4 Å². The first-order valence-corrected chi connectivity index (χ1v) is 8.89. The van der Waals surface area contributed by atoms with E-state index >= 15 is 0 Å². The molecule has 0 N–H and O–H groups in total. The zero-order chi connectivity index (χ0) is 16.6. The minimum absolute atomic E-state index is 0.0814. The van der Waals surface area contributed by atoms with E-state index < -0.39 is 0 Å². The Morgan fingerprint density at radius 2 is 2.13 bits per heavy atom. The summed E-state index contributed by atoms with van der Waals surface area (Å²) in [7, 11) is 1.86. The molecule has 0 bridgehead atoms. The van der Waals surface area contributed by atoms with Crippen molar-refractivity contribution in [1.82, 2.24) is 14.7 Å². The topological polar surface area (TPSA) is 38.1 Å². The number of rotatable bonds is 5. The van der Waals surface area contributed by atoms with E-state index in [-0.39, 0.29) is 11.8 Å². The summed E-state index contributed by atoms with van der Waals surface area (Å²) in [6, 6.07) is 7.81. The minimum atomic E-state index is 0.0814. The van der Waals surface area contributed by atoms with Gasteiger partial charge in [0, 0.05) is 24.5 Å². The Morgan fingerprint density at radius 1 is 1.43 bits per heavy atom. The first-order chi connectivity index (χ1) is 11.0. The molecule has 1 fully saturated rings. The number of halogens is 2. The second-order valence-corrected chi connectivity index (χ2v) is 7.24. The van der Waals surface area contributed by atoms with Gasteiger partial charge in [-0.25, -0.2) is 0 Å². The Kier molecular flexibility index (Phi) is 4.78. The van der Waals surface area contributed by atoms with E-state index in [1.54, 1.807) is 11.1 Å². The van der Waals surface area contributed by atoms with Gasteiger partial charge in [-0.15, -0.1) is 0 Å². The third-order valence-corrected chi connectivity index (χ3v) is 5.28. The Balaban J connectivity index is 1.65. The summed E-state index contributed by atoms with van der Waals surface area (Å²) in [6.45, 7) is 3.40. The molecular formula is C17H19BrClN3O. The van der Waals surface area contributed by atoms with Gasteiger partial charge < -0.3 is 4.90 Å². The number of carbonyl (C=O) groups excluding carboxylic acids is 1. The molecule has 3 rings (SSSR count). The highest BCUT2D eigenvalue weighted by Crippen LogP contribution is 2.48. The van der Waals surface area contributed by atoms with Crippen LogP contribution in [0.1, 0.15) is 30.5 Å². The van der Waals surface area contributed by atoms with Crippen LogP contribution in [-0.4, -0.2) is 27.6 Å². The van der Waals surface area contributed by atoms with Crippen LogP contribution >= 0.6 is 27.5 Å². The highest BCUT2D eigenvalue weighted by Gasteiger charge is 2.45. The summed E-state index contributed by atoms with van der Waals surface area (Å²) in [4.78, 5) is 14.4. The number of benzene rings is 1. The van der Waals surface area contributed by atoms with Crippen LogP contribution in [0.2, 0.25) is 5.02 Å². The molecule has 2 atom stereocenters. The van der Waals surface area contributed by atoms with Gasteiger partial charge in [-0.2, -0.15) is 5.10 Å². The molecular weight excluding hydrogens is 378 g/mol. The third-order valence-electron chi connectivity index (χ3n) is 4.37. The largest absolute Gasteiger partial charge is 0.340 e. The smallest absolute Gasteiger partial charge is 0.226 e. The Morgan fingerprint density at radius 3 is 2.78 bits per heavy atom. The maximum absolute atomic E-state index is 12.6. The van der Waals surface area contributed by atoms with Crippen molar-refractivity contribution >= 4 is 33.4 Å². The van der Waals surface area contributed by atoms with Crippen molar-refractivity contribution in [3.05, 3.63) is 51.2 Å². The SMILES string of the molecule is CCn1ncc(Br)c1CN(C)C(=O)C1CC1c1ccc(Cl)cc1. The number of aromatic nitrogens is 2. The molecule has 1 aromatic heterocycles. The molecule has 0 aliphatic heterocycles. The summed E-state index contributed by atoms with van der Waals surface area (Å²) < 4.78 is 2.86. The molecule has 1 heterocycles. The van der Waals surface area contributed by atoms with Crippen molar-refractivity contribution in [2.24, 2.45) is 5.92 Å². The predicted octanol–water partition coefficient (Wildman–Crippen LogP) is 4.08. The monoisotopic (exact) mass is 395 g/mol. The van der Waals surface area contributed by atoms with Gasteiger partial charge >= 0.3 is 0 Å². The lowest BCUT2D eigenvalue weighted by Gasteiger charge is -2.18. The average Bonchev–Trinajstić information content (AvgIpc) is 3.27. The number of carbonyl (C=O) groups is 1. The zero-order valence-corrected chi connectivity index (χ0v) is 15.5. The van der Waals surface area contributed by atoms with Crippen molar-refractivity contribution in [1.29, 1.82) is 0 Å². The van der Waals surface area contributed by atoms with E-state index in [9.17, 15) is 4.79 Å². The Hall–Kier alpha value is -1.33. The van der Waals surface area contributed by atoms with Crippen molar-refractivity contribution in [3.8, 4) is 0 Å². The molecule has 2 unspecified atom stereocenters. The number of aryl methyl sites for hydroxylation is 1. The van der Waals surface area contributed by atoms with Crippen molar-refractivity contribution in [2.75, 3.05) is 7.05 Å². The summed E-state index contributed by atoms with van der Waals surface area (Å²) in [5, 5.41) is 5.03. The normalized spacial score (nSPS) is 19.7. The fourth-order valence-corrected chi connectivity index (χ4v) is 3.50. The van der Waals surface area contributed by atoms with Gasteiger partial charge in [0.1, 0.15) is 0 Å². The Bertz CT molecular complexity index is 713. The minimum Gasteiger partial charge on any atom is -0.340 e. The summed E-state index contributed by atoms with van der Waals surface area (Å²) >= 11 is 9.43. The molecule has 1 aliphatic rings. The first kappa shape index (κ1) is 16.5. The van der Waals surface area contributed by atoms with Gasteiger partial charge in [0.25, 0.3) is 0 Å². The van der Waals surface area contributed by atoms with E-state index in [1.165, 1.54) is 5.56 Å². The quantitative estimate of drug-likeness (QED) is 0.764. The molecule has 122 valence electrons. The molecule has 1 aliphatic carbocycles. The molecule has 0 spiro atoms. The second kappa shape index (κ2) is 6.65. The first-order valence-electron chi connectivity index (χ1n) is 7.72. The lowest BCUT2D eigenvalue weighted by atomic mass is 10.1. The van der Waals surface area contributed by atoms with Crippen LogP contribution in [0.5, 0.6) is 0 Å². The number of nitrogens with zero attached hydrogens (tertiary/aromatic N) is 3. The van der Waals surface area contributed by atoms with E-state index in [0.29, 0.717) is 12.5 Å². The van der Waals surface area contributed by atoms with Gasteiger partial charge in [-0.1, -0.05) is 23.7 Å². The fraction of sp³-hybridized carbons (Fsp3) is 0.412. The Labute approximate surface area is 149 Å². The summed E-state index contributed by atoms with van der Waals surface area (Å²) in [5.41, 5.74) is 2.23. The summed E-state index contributed by atoms with van der Waals surface area (Å²) in [6.07, 6.45) is 2.70. The van der Waals surface area contributed by atoms with Gasteiger partial charge in [0.15, 0.2) is 0 Å². The van der Waals surface area contributed by atoms with E-state index in [1.807, 2.05) is 42.9 Å².